The van der Waals surface area contributed by atoms with Crippen molar-refractivity contribution in [2.75, 3.05) is 27.3 Å². The summed E-state index contributed by atoms with van der Waals surface area (Å²) in [5.41, 5.74) is 6.97. The first-order chi connectivity index (χ1) is 7.18. The molecular formula is C11H16N2O2. The van der Waals surface area contributed by atoms with Crippen LogP contribution in [-0.2, 0) is 5.54 Å². The molecule has 1 saturated heterocycles. The Morgan fingerprint density at radius 1 is 1.13 bits per heavy atom. The van der Waals surface area contributed by atoms with Crippen LogP contribution in [0.1, 0.15) is 5.56 Å². The summed E-state index contributed by atoms with van der Waals surface area (Å²) >= 11 is 0. The van der Waals surface area contributed by atoms with Gasteiger partial charge in [0.25, 0.3) is 0 Å². The van der Waals surface area contributed by atoms with Crippen LogP contribution in [-0.4, -0.2) is 27.3 Å². The number of methoxy groups -OCH3 is 2. The van der Waals surface area contributed by atoms with E-state index in [0.29, 0.717) is 0 Å². The summed E-state index contributed by atoms with van der Waals surface area (Å²) in [7, 11) is 3.28. The summed E-state index contributed by atoms with van der Waals surface area (Å²) < 4.78 is 10.4. The molecule has 0 atom stereocenters. The Labute approximate surface area is 89.4 Å². The number of rotatable bonds is 3. The van der Waals surface area contributed by atoms with Gasteiger partial charge in [-0.15, -0.1) is 0 Å². The number of hydrogen-bond acceptors (Lipinski definition) is 4. The van der Waals surface area contributed by atoms with E-state index in [9.17, 15) is 0 Å². The molecule has 1 heterocycles. The molecule has 0 amide bonds. The Bertz CT molecular complexity index is 339. The normalized spacial score (nSPS) is 18.1. The fraction of sp³-hybridized carbons (Fsp3) is 0.455. The van der Waals surface area contributed by atoms with Crippen LogP contribution in [0, 0.1) is 0 Å². The molecule has 82 valence electrons. The van der Waals surface area contributed by atoms with Gasteiger partial charge in [0.05, 0.1) is 19.8 Å². The van der Waals surface area contributed by atoms with Crippen molar-refractivity contribution in [3.05, 3.63) is 23.8 Å². The standard InChI is InChI=1S/C11H16N2O2/c1-14-9-3-8(4-10(5-9)15-2)11(12)6-13-7-11/h3-5,13H,6-7,12H2,1-2H3. The Morgan fingerprint density at radius 3 is 2.00 bits per heavy atom. The van der Waals surface area contributed by atoms with Gasteiger partial charge in [-0.2, -0.15) is 0 Å². The van der Waals surface area contributed by atoms with Gasteiger partial charge < -0.3 is 20.5 Å². The third-order valence-electron chi connectivity index (χ3n) is 2.81. The van der Waals surface area contributed by atoms with Crippen LogP contribution in [0.5, 0.6) is 11.5 Å². The maximum Gasteiger partial charge on any atom is 0.122 e. The van der Waals surface area contributed by atoms with E-state index in [2.05, 4.69) is 5.32 Å². The summed E-state index contributed by atoms with van der Waals surface area (Å²) in [6.45, 7) is 1.59. The van der Waals surface area contributed by atoms with E-state index in [-0.39, 0.29) is 5.54 Å². The topological polar surface area (TPSA) is 56.5 Å². The van der Waals surface area contributed by atoms with Crippen molar-refractivity contribution >= 4 is 0 Å². The third kappa shape index (κ3) is 1.78. The Hall–Kier alpha value is -1.26. The Morgan fingerprint density at radius 2 is 1.67 bits per heavy atom. The zero-order valence-corrected chi connectivity index (χ0v) is 9.04. The highest BCUT2D eigenvalue weighted by Gasteiger charge is 2.34. The van der Waals surface area contributed by atoms with Gasteiger partial charge in [-0.1, -0.05) is 0 Å². The fourth-order valence-electron chi connectivity index (χ4n) is 1.69. The van der Waals surface area contributed by atoms with Crippen molar-refractivity contribution < 1.29 is 9.47 Å². The van der Waals surface area contributed by atoms with Gasteiger partial charge in [0.15, 0.2) is 0 Å². The van der Waals surface area contributed by atoms with E-state index >= 15 is 0 Å². The molecule has 1 aromatic rings. The molecule has 0 saturated carbocycles. The average molecular weight is 208 g/mol. The molecule has 1 aromatic carbocycles. The molecule has 0 aliphatic carbocycles. The highest BCUT2D eigenvalue weighted by molar-refractivity contribution is 5.42. The van der Waals surface area contributed by atoms with Crippen LogP contribution in [0.15, 0.2) is 18.2 Å². The number of hydrogen-bond donors (Lipinski definition) is 2. The van der Waals surface area contributed by atoms with Crippen LogP contribution in [0.2, 0.25) is 0 Å². The van der Waals surface area contributed by atoms with Crippen molar-refractivity contribution in [2.45, 2.75) is 5.54 Å². The predicted molar refractivity (Wildman–Crippen MR) is 58.3 cm³/mol. The zero-order chi connectivity index (χ0) is 10.9. The van der Waals surface area contributed by atoms with Crippen LogP contribution < -0.4 is 20.5 Å². The molecule has 1 aliphatic rings. The lowest BCUT2D eigenvalue weighted by atomic mass is 9.85. The Kier molecular flexibility index (Phi) is 2.54. The lowest BCUT2D eigenvalue weighted by Crippen LogP contribution is -2.62. The van der Waals surface area contributed by atoms with E-state index in [1.165, 1.54) is 0 Å². The molecule has 0 unspecified atom stereocenters. The molecule has 1 aliphatic heterocycles. The molecule has 4 heteroatoms. The number of nitrogens with one attached hydrogen (secondary N) is 1. The van der Waals surface area contributed by atoms with Gasteiger partial charge in [0.2, 0.25) is 0 Å². The second kappa shape index (κ2) is 3.72. The molecule has 3 N–H and O–H groups in total. The molecular weight excluding hydrogens is 192 g/mol. The van der Waals surface area contributed by atoms with E-state index in [0.717, 1.165) is 30.2 Å². The fourth-order valence-corrected chi connectivity index (χ4v) is 1.69. The maximum atomic E-state index is 6.20. The summed E-state index contributed by atoms with van der Waals surface area (Å²) in [6.07, 6.45) is 0. The number of benzene rings is 1. The molecule has 0 radical (unpaired) electrons. The van der Waals surface area contributed by atoms with Crippen molar-refractivity contribution in [1.82, 2.24) is 5.32 Å². The van der Waals surface area contributed by atoms with Crippen molar-refractivity contribution in [3.8, 4) is 11.5 Å². The Balaban J connectivity index is 2.37. The largest absolute Gasteiger partial charge is 0.497 e. The molecule has 2 rings (SSSR count). The first-order valence-electron chi connectivity index (χ1n) is 4.91. The van der Waals surface area contributed by atoms with E-state index < -0.39 is 0 Å². The minimum absolute atomic E-state index is 0.276. The van der Waals surface area contributed by atoms with Gasteiger partial charge in [0.1, 0.15) is 11.5 Å². The summed E-state index contributed by atoms with van der Waals surface area (Å²) in [6, 6.07) is 5.77. The van der Waals surface area contributed by atoms with Crippen LogP contribution in [0.3, 0.4) is 0 Å². The number of ether oxygens (including phenoxy) is 2. The van der Waals surface area contributed by atoms with Crippen molar-refractivity contribution in [1.29, 1.82) is 0 Å². The highest BCUT2D eigenvalue weighted by Crippen LogP contribution is 2.30. The van der Waals surface area contributed by atoms with Crippen molar-refractivity contribution in [2.24, 2.45) is 5.73 Å². The molecule has 0 spiro atoms. The average Bonchev–Trinajstić information content (AvgIpc) is 2.25. The minimum atomic E-state index is -0.276. The van der Waals surface area contributed by atoms with Crippen LogP contribution >= 0.6 is 0 Å². The second-order valence-electron chi connectivity index (χ2n) is 3.86. The SMILES string of the molecule is COc1cc(OC)cc(C2(N)CNC2)c1. The molecule has 0 bridgehead atoms. The lowest BCUT2D eigenvalue weighted by Gasteiger charge is -2.39. The molecule has 1 fully saturated rings. The summed E-state index contributed by atoms with van der Waals surface area (Å²) in [5, 5.41) is 3.17. The van der Waals surface area contributed by atoms with Crippen LogP contribution in [0.4, 0.5) is 0 Å². The van der Waals surface area contributed by atoms with Gasteiger partial charge in [0, 0.05) is 19.2 Å². The minimum Gasteiger partial charge on any atom is -0.497 e. The van der Waals surface area contributed by atoms with Gasteiger partial charge >= 0.3 is 0 Å². The van der Waals surface area contributed by atoms with Gasteiger partial charge in [-0.3, -0.25) is 0 Å². The van der Waals surface area contributed by atoms with Gasteiger partial charge in [-0.25, -0.2) is 0 Å². The predicted octanol–water partition coefficient (Wildman–Crippen LogP) is 0.461. The monoisotopic (exact) mass is 208 g/mol. The highest BCUT2D eigenvalue weighted by atomic mass is 16.5. The zero-order valence-electron chi connectivity index (χ0n) is 9.04. The van der Waals surface area contributed by atoms with Crippen molar-refractivity contribution in [3.63, 3.8) is 0 Å². The first kappa shape index (κ1) is 10.3. The second-order valence-corrected chi connectivity index (χ2v) is 3.86. The third-order valence-corrected chi connectivity index (χ3v) is 2.81. The first-order valence-corrected chi connectivity index (χ1v) is 4.91. The molecule has 4 nitrogen and oxygen atoms in total. The van der Waals surface area contributed by atoms with E-state index in [1.54, 1.807) is 14.2 Å². The van der Waals surface area contributed by atoms with Gasteiger partial charge in [-0.05, 0) is 17.7 Å². The van der Waals surface area contributed by atoms with E-state index in [4.69, 9.17) is 15.2 Å². The summed E-state index contributed by atoms with van der Waals surface area (Å²) in [5.74, 6) is 1.56. The van der Waals surface area contributed by atoms with Crippen LogP contribution in [0.25, 0.3) is 0 Å². The smallest absolute Gasteiger partial charge is 0.122 e. The molecule has 0 aromatic heterocycles. The number of nitrogens with two attached hydrogens (primary N) is 1. The summed E-state index contributed by atoms with van der Waals surface area (Å²) in [4.78, 5) is 0. The van der Waals surface area contributed by atoms with E-state index in [1.807, 2.05) is 18.2 Å². The lowest BCUT2D eigenvalue weighted by molar-refractivity contribution is 0.284. The molecule has 15 heavy (non-hydrogen) atoms. The quantitative estimate of drug-likeness (QED) is 0.757. The maximum absolute atomic E-state index is 6.20.